The molecule has 18 heavy (non-hydrogen) atoms. The van der Waals surface area contributed by atoms with Gasteiger partial charge in [-0.25, -0.2) is 0 Å². The fourth-order valence-corrected chi connectivity index (χ4v) is 2.55. The molecule has 1 aromatic carbocycles. The Bertz CT molecular complexity index is 477. The summed E-state index contributed by atoms with van der Waals surface area (Å²) < 4.78 is 10.2. The van der Waals surface area contributed by atoms with Crippen molar-refractivity contribution in [2.75, 3.05) is 6.61 Å². The van der Waals surface area contributed by atoms with E-state index in [2.05, 4.69) is 0 Å². The molecule has 4 nitrogen and oxygen atoms in total. The lowest BCUT2D eigenvalue weighted by Gasteiger charge is -2.12. The first-order valence-electron chi connectivity index (χ1n) is 5.82. The highest BCUT2D eigenvalue weighted by molar-refractivity contribution is 6.62. The minimum Gasteiger partial charge on any atom is -0.466 e. The number of halogens is 1. The predicted molar refractivity (Wildman–Crippen MR) is 68.9 cm³/mol. The van der Waals surface area contributed by atoms with Crippen LogP contribution in [0.4, 0.5) is 0 Å². The molecule has 1 atom stereocenters. The summed E-state index contributed by atoms with van der Waals surface area (Å²) in [6.45, 7) is 3.95. The van der Waals surface area contributed by atoms with Gasteiger partial charge in [0, 0.05) is 5.02 Å². The van der Waals surface area contributed by atoms with E-state index in [1.807, 2.05) is 13.0 Å². The van der Waals surface area contributed by atoms with Crippen molar-refractivity contribution >= 4 is 30.2 Å². The Morgan fingerprint density at radius 3 is 3.00 bits per heavy atom. The zero-order valence-corrected chi connectivity index (χ0v) is 11.0. The molecule has 0 bridgehead atoms. The molecule has 1 N–H and O–H groups in total. The highest BCUT2D eigenvalue weighted by Crippen LogP contribution is 2.33. The van der Waals surface area contributed by atoms with Crippen molar-refractivity contribution in [3.63, 3.8) is 0 Å². The van der Waals surface area contributed by atoms with Gasteiger partial charge in [-0.05, 0) is 36.5 Å². The minimum atomic E-state index is -1.03. The maximum atomic E-state index is 11.5. The van der Waals surface area contributed by atoms with Crippen molar-refractivity contribution in [3.8, 4) is 0 Å². The van der Waals surface area contributed by atoms with E-state index < -0.39 is 13.2 Å². The second-order valence-corrected chi connectivity index (χ2v) is 4.64. The Morgan fingerprint density at radius 1 is 1.61 bits per heavy atom. The Morgan fingerprint density at radius 2 is 2.33 bits per heavy atom. The van der Waals surface area contributed by atoms with Crippen LogP contribution in [0.3, 0.4) is 0 Å². The van der Waals surface area contributed by atoms with E-state index in [4.69, 9.17) is 21.0 Å². The summed E-state index contributed by atoms with van der Waals surface area (Å²) in [4.78, 5) is 11.5. The molecule has 1 heterocycles. The van der Waals surface area contributed by atoms with Gasteiger partial charge in [-0.2, -0.15) is 0 Å². The molecule has 6 heteroatoms. The first-order chi connectivity index (χ1) is 8.52. The molecule has 1 aliphatic heterocycles. The van der Waals surface area contributed by atoms with E-state index in [-0.39, 0.29) is 12.4 Å². The molecular weight excluding hydrogens is 254 g/mol. The van der Waals surface area contributed by atoms with Crippen LogP contribution in [0.15, 0.2) is 12.1 Å². The summed E-state index contributed by atoms with van der Waals surface area (Å²) in [6, 6.07) is 3.61. The number of carbonyl (C=O) groups excluding carboxylic acids is 1. The van der Waals surface area contributed by atoms with E-state index in [9.17, 15) is 9.82 Å². The first-order valence-corrected chi connectivity index (χ1v) is 6.19. The third-order valence-corrected chi connectivity index (χ3v) is 3.16. The number of ether oxygens (including phenoxy) is 1. The molecule has 0 spiro atoms. The quantitative estimate of drug-likeness (QED) is 0.664. The zero-order chi connectivity index (χ0) is 13.3. The van der Waals surface area contributed by atoms with Crippen LogP contribution in [0, 0.1) is 6.92 Å². The van der Waals surface area contributed by atoms with Crippen molar-refractivity contribution < 1.29 is 19.2 Å². The van der Waals surface area contributed by atoms with Crippen LogP contribution in [0.25, 0.3) is 0 Å². The molecule has 0 radical (unpaired) electrons. The van der Waals surface area contributed by atoms with Gasteiger partial charge in [-0.3, -0.25) is 4.79 Å². The van der Waals surface area contributed by atoms with Crippen LogP contribution in [-0.4, -0.2) is 24.7 Å². The van der Waals surface area contributed by atoms with Gasteiger partial charge < -0.3 is 14.4 Å². The van der Waals surface area contributed by atoms with E-state index in [0.717, 1.165) is 5.56 Å². The van der Waals surface area contributed by atoms with Gasteiger partial charge in [0.15, 0.2) is 0 Å². The molecule has 2 rings (SSSR count). The van der Waals surface area contributed by atoms with Crippen LogP contribution in [0.1, 0.15) is 30.6 Å². The number of aryl methyl sites for hydroxylation is 1. The standard InChI is InChI=1S/C12H14BClO4/c1-3-17-11(15)6-10-12-8(13(16)18-10)4-7(2)5-9(12)14/h4-5,10,16H,3,6H2,1-2H3. The molecule has 1 unspecified atom stereocenters. The van der Waals surface area contributed by atoms with Gasteiger partial charge >= 0.3 is 13.1 Å². The number of fused-ring (bicyclic) bond motifs is 1. The normalized spacial score (nSPS) is 17.8. The molecule has 96 valence electrons. The van der Waals surface area contributed by atoms with Crippen molar-refractivity contribution in [3.05, 3.63) is 28.3 Å². The largest absolute Gasteiger partial charge is 0.492 e. The van der Waals surface area contributed by atoms with Crippen molar-refractivity contribution in [2.45, 2.75) is 26.4 Å². The Balaban J connectivity index is 2.27. The van der Waals surface area contributed by atoms with Crippen LogP contribution in [0.2, 0.25) is 5.02 Å². The summed E-state index contributed by atoms with van der Waals surface area (Å²) >= 11 is 6.15. The molecule has 0 amide bonds. The van der Waals surface area contributed by atoms with Crippen molar-refractivity contribution in [1.29, 1.82) is 0 Å². The summed E-state index contributed by atoms with van der Waals surface area (Å²) in [7, 11) is -1.03. The molecular formula is C12H14BClO4. The maximum Gasteiger partial charge on any atom is 0.492 e. The second kappa shape index (κ2) is 5.30. The van der Waals surface area contributed by atoms with Gasteiger partial charge in [0.2, 0.25) is 0 Å². The SMILES string of the molecule is CCOC(=O)CC1OB(O)c2cc(C)cc(Cl)c21. The van der Waals surface area contributed by atoms with Gasteiger partial charge in [0.1, 0.15) is 0 Å². The fraction of sp³-hybridized carbons (Fsp3) is 0.417. The summed E-state index contributed by atoms with van der Waals surface area (Å²) in [5.41, 5.74) is 2.26. The van der Waals surface area contributed by atoms with Gasteiger partial charge in [-0.1, -0.05) is 17.7 Å². The van der Waals surface area contributed by atoms with E-state index in [1.165, 1.54) is 0 Å². The molecule has 0 aliphatic carbocycles. The number of rotatable bonds is 3. The highest BCUT2D eigenvalue weighted by Gasteiger charge is 2.38. The fourth-order valence-electron chi connectivity index (χ4n) is 2.14. The molecule has 0 saturated heterocycles. The molecule has 1 aliphatic rings. The lowest BCUT2D eigenvalue weighted by molar-refractivity contribution is -0.145. The van der Waals surface area contributed by atoms with Crippen molar-refractivity contribution in [2.24, 2.45) is 0 Å². The monoisotopic (exact) mass is 268 g/mol. The summed E-state index contributed by atoms with van der Waals surface area (Å²) in [5.74, 6) is -0.362. The molecule has 0 saturated carbocycles. The smallest absolute Gasteiger partial charge is 0.466 e. The Kier molecular flexibility index (Phi) is 3.95. The second-order valence-electron chi connectivity index (χ2n) is 4.24. The van der Waals surface area contributed by atoms with E-state index >= 15 is 0 Å². The van der Waals surface area contributed by atoms with Gasteiger partial charge in [-0.15, -0.1) is 0 Å². The summed E-state index contributed by atoms with van der Waals surface area (Å²) in [5, 5.41) is 10.3. The van der Waals surface area contributed by atoms with Crippen LogP contribution >= 0.6 is 11.6 Å². The highest BCUT2D eigenvalue weighted by atomic mass is 35.5. The topological polar surface area (TPSA) is 55.8 Å². The number of benzene rings is 1. The average Bonchev–Trinajstić information content (AvgIpc) is 2.55. The Labute approximate surface area is 111 Å². The third-order valence-electron chi connectivity index (χ3n) is 2.84. The van der Waals surface area contributed by atoms with E-state index in [0.29, 0.717) is 22.7 Å². The van der Waals surface area contributed by atoms with Crippen LogP contribution in [-0.2, 0) is 14.2 Å². The van der Waals surface area contributed by atoms with Gasteiger partial charge in [0.25, 0.3) is 0 Å². The van der Waals surface area contributed by atoms with Gasteiger partial charge in [0.05, 0.1) is 19.1 Å². The number of hydrogen-bond acceptors (Lipinski definition) is 4. The number of hydrogen-bond donors (Lipinski definition) is 1. The minimum absolute atomic E-state index is 0.0562. The van der Waals surface area contributed by atoms with Crippen molar-refractivity contribution in [1.82, 2.24) is 0 Å². The zero-order valence-electron chi connectivity index (χ0n) is 10.3. The molecule has 0 aromatic heterocycles. The number of esters is 1. The predicted octanol–water partition coefficient (Wildman–Crippen LogP) is 1.36. The van der Waals surface area contributed by atoms with Crippen LogP contribution < -0.4 is 5.46 Å². The number of carbonyl (C=O) groups is 1. The Hall–Kier alpha value is -1.04. The lowest BCUT2D eigenvalue weighted by atomic mass is 9.78. The first kappa shape index (κ1) is 13.4. The maximum absolute atomic E-state index is 11.5. The molecule has 1 aromatic rings. The average molecular weight is 269 g/mol. The molecule has 0 fully saturated rings. The van der Waals surface area contributed by atoms with E-state index in [1.54, 1.807) is 13.0 Å². The van der Waals surface area contributed by atoms with Crippen LogP contribution in [0.5, 0.6) is 0 Å². The summed E-state index contributed by atoms with van der Waals surface area (Å²) in [6.07, 6.45) is -0.483. The lowest BCUT2D eigenvalue weighted by Crippen LogP contribution is -2.28. The third kappa shape index (κ3) is 2.53.